The number of hydrogen-bond acceptors (Lipinski definition) is 4. The summed E-state index contributed by atoms with van der Waals surface area (Å²) in [5.74, 6) is 1.79. The molecule has 89 heavy (non-hydrogen) atoms. The molecule has 0 aliphatic carbocycles. The van der Waals surface area contributed by atoms with E-state index in [0.29, 0.717) is 37.1 Å². The normalized spacial score (nSPS) is 12.4. The Morgan fingerprint density at radius 3 is 1.11 bits per heavy atom. The van der Waals surface area contributed by atoms with E-state index < -0.39 is 0 Å². The van der Waals surface area contributed by atoms with Crippen LogP contribution in [0.5, 0.6) is 23.0 Å². The zero-order chi connectivity index (χ0) is 62.0. The number of para-hydroxylation sites is 2. The Kier molecular flexibility index (Phi) is 17.1. The Hall–Kier alpha value is -8.12. The van der Waals surface area contributed by atoms with Gasteiger partial charge in [0.15, 0.2) is 0 Å². The van der Waals surface area contributed by atoms with Crippen molar-refractivity contribution < 1.29 is 45.9 Å². The fourth-order valence-corrected chi connectivity index (χ4v) is 12.4. The first-order valence-electron chi connectivity index (χ1n) is 31.3. The zero-order valence-electron chi connectivity index (χ0n) is 54.0. The van der Waals surface area contributed by atoms with Crippen molar-refractivity contribution in [1.29, 1.82) is 0 Å². The van der Waals surface area contributed by atoms with Gasteiger partial charge in [-0.15, -0.1) is 6.42 Å². The molecule has 10 aromatic carbocycles. The minimum atomic E-state index is -0.143. The number of H-pyrrole nitrogens is 2. The first kappa shape index (κ1) is 62.5. The molecule has 0 bridgehead atoms. The summed E-state index contributed by atoms with van der Waals surface area (Å²) >= 11 is 0. The van der Waals surface area contributed by atoms with Gasteiger partial charge in [0.25, 0.3) is 0 Å². The van der Waals surface area contributed by atoms with Crippen LogP contribution in [-0.4, -0.2) is 20.2 Å². The van der Waals surface area contributed by atoms with Crippen molar-refractivity contribution in [2.45, 2.75) is 137 Å². The van der Waals surface area contributed by atoms with E-state index in [2.05, 4.69) is 233 Å². The van der Waals surface area contributed by atoms with Crippen LogP contribution >= 0.6 is 0 Å². The van der Waals surface area contributed by atoms with Gasteiger partial charge >= 0.3 is 0 Å². The minimum absolute atomic E-state index is 0. The van der Waals surface area contributed by atoms with Crippen molar-refractivity contribution in [3.63, 3.8) is 0 Å². The number of nitrogens with one attached hydrogen (secondary N) is 2. The van der Waals surface area contributed by atoms with E-state index in [9.17, 15) is 10.2 Å². The Bertz CT molecular complexity index is 4290. The van der Waals surface area contributed by atoms with E-state index in [1.807, 2.05) is 60.7 Å². The van der Waals surface area contributed by atoms with Crippen molar-refractivity contribution in [2.75, 3.05) is 0 Å². The number of aromatic hydroxyl groups is 2. The molecule has 12 rings (SSSR count). The average Bonchev–Trinajstić information content (AvgIpc) is 1.80. The molecule has 0 atom stereocenters. The molecule has 0 unspecified atom stereocenters. The molecular weight excluding hydrogens is 1170 g/mol. The van der Waals surface area contributed by atoms with Crippen LogP contribution in [0.2, 0.25) is 0 Å². The molecule has 0 radical (unpaired) electrons. The monoisotopic (exact) mass is 1250 g/mol. The maximum atomic E-state index is 12.7. The zero-order valence-corrected chi connectivity index (χ0v) is 56.5. The third kappa shape index (κ3) is 12.8. The summed E-state index contributed by atoms with van der Waals surface area (Å²) < 4.78 is 14.1. The molecule has 0 fully saturated rings. The molecule has 7 heteroatoms. The SMILES string of the molecule is CCC[C-](Oc1ccc(-c2cccc(-c3cc(C(C)(C)C)cc4c3[nH]c3ccc(C(C)(C)C)cc34)c2O)cc1Cc1ccccc1)Oc1ccc(-c2cccc(-c3cc(C(C)(C)C)cc4c3[nH]c3ccc(C(C)(C)C)cc34)c2O)cc1Cc1ccccc1.[Zr]. The van der Waals surface area contributed by atoms with Crippen molar-refractivity contribution in [3.05, 3.63) is 245 Å². The van der Waals surface area contributed by atoms with Gasteiger partial charge in [-0.05, 0) is 150 Å². The van der Waals surface area contributed by atoms with E-state index in [-0.39, 0.29) is 59.4 Å². The molecule has 450 valence electrons. The predicted octanol–water partition coefficient (Wildman–Crippen LogP) is 22.2. The molecule has 0 spiro atoms. The first-order valence-corrected chi connectivity index (χ1v) is 31.3. The van der Waals surface area contributed by atoms with Gasteiger partial charge in [-0.1, -0.05) is 218 Å². The molecule has 0 aliphatic heterocycles. The fraction of sp³-hybridized carbons (Fsp3) is 0.256. The van der Waals surface area contributed by atoms with Gasteiger partial charge < -0.3 is 29.7 Å². The van der Waals surface area contributed by atoms with Crippen LogP contribution in [0.25, 0.3) is 88.1 Å². The number of phenolic OH excluding ortho intramolecular Hbond substituents is 2. The van der Waals surface area contributed by atoms with Gasteiger partial charge in [-0.25, -0.2) is 0 Å². The number of aromatic amines is 2. The number of ether oxygens (including phenoxy) is 2. The molecule has 0 amide bonds. The first-order chi connectivity index (χ1) is 41.9. The summed E-state index contributed by atoms with van der Waals surface area (Å²) in [5.41, 5.74) is 19.6. The summed E-state index contributed by atoms with van der Waals surface area (Å²) in [5, 5.41) is 30.0. The van der Waals surface area contributed by atoms with E-state index in [1.165, 1.54) is 33.0 Å². The van der Waals surface area contributed by atoms with Crippen LogP contribution < -0.4 is 9.47 Å². The van der Waals surface area contributed by atoms with Crippen molar-refractivity contribution in [1.82, 2.24) is 9.97 Å². The number of benzene rings is 10. The van der Waals surface area contributed by atoms with Gasteiger partial charge in [-0.2, -0.15) is 0 Å². The third-order valence-corrected chi connectivity index (χ3v) is 17.7. The Balaban J connectivity index is 0.00000817. The summed E-state index contributed by atoms with van der Waals surface area (Å²) in [7, 11) is 0. The second kappa shape index (κ2) is 24.3. The van der Waals surface area contributed by atoms with E-state index >= 15 is 0 Å². The molecular formula is C82H83N2O4Zr-. The Labute approximate surface area is 545 Å². The topological polar surface area (TPSA) is 90.5 Å². The molecule has 0 aliphatic rings. The molecule has 6 nitrogen and oxygen atoms in total. The van der Waals surface area contributed by atoms with Crippen molar-refractivity contribution >= 4 is 43.6 Å². The molecule has 0 saturated carbocycles. The number of phenols is 2. The largest absolute Gasteiger partial charge is 0.619 e. The second-order valence-electron chi connectivity index (χ2n) is 28.4. The average molecular weight is 1250 g/mol. The van der Waals surface area contributed by atoms with E-state index in [1.54, 1.807) is 0 Å². The quantitative estimate of drug-likeness (QED) is 0.0817. The second-order valence-corrected chi connectivity index (χ2v) is 28.4. The number of aromatic nitrogens is 2. The smallest absolute Gasteiger partial charge is 0.131 e. The van der Waals surface area contributed by atoms with E-state index in [0.717, 1.165) is 106 Å². The summed E-state index contributed by atoms with van der Waals surface area (Å²) in [6, 6.07) is 68.2. The Morgan fingerprint density at radius 1 is 0.371 bits per heavy atom. The summed E-state index contributed by atoms with van der Waals surface area (Å²) in [6.07, 6.45) is 2.98. The number of fused-ring (bicyclic) bond motifs is 6. The standard InChI is InChI=1S/C82H83N2O4.Zr/c1-14-23-74(87-72-38-32-52(42-54(72)40-50-24-17-15-18-25-50)60-28-21-30-62(77(60)85)66-46-58(81(8,9)10)48-68-64-44-56(79(2,3)4)34-36-70(64)83-75(66)68)88-73-39-33-53(43-55(73)41-51-26-19-16-20-27-51)61-29-22-31-63(78(61)86)67-47-59(82(11,12)13)49-69-65-45-57(80(5,6)7)35-37-71(65)84-76(67)69;/h15-22,24-39,42-49,83-86H,14,23,40-41H2,1-13H3;/q-1;. The maximum absolute atomic E-state index is 12.7. The van der Waals surface area contributed by atoms with Crippen molar-refractivity contribution in [2.24, 2.45) is 0 Å². The van der Waals surface area contributed by atoms with Crippen molar-refractivity contribution in [3.8, 4) is 67.5 Å². The molecule has 12 aromatic rings. The van der Waals surface area contributed by atoms with Gasteiger partial charge in [-0.3, -0.25) is 0 Å². The number of rotatable bonds is 14. The van der Waals surface area contributed by atoms with Gasteiger partial charge in [0.1, 0.15) is 11.5 Å². The third-order valence-electron chi connectivity index (χ3n) is 17.7. The fourth-order valence-electron chi connectivity index (χ4n) is 12.4. The minimum Gasteiger partial charge on any atom is -0.619 e. The Morgan fingerprint density at radius 2 is 0.742 bits per heavy atom. The van der Waals surface area contributed by atoms with Gasteiger partial charge in [0.2, 0.25) is 0 Å². The van der Waals surface area contributed by atoms with Crippen LogP contribution in [0.4, 0.5) is 0 Å². The molecule has 0 saturated heterocycles. The van der Waals surface area contributed by atoms with E-state index in [4.69, 9.17) is 9.47 Å². The molecule has 2 heterocycles. The van der Waals surface area contributed by atoms with Gasteiger partial charge in [0, 0.05) is 111 Å². The molecule has 2 aromatic heterocycles. The van der Waals surface area contributed by atoms with Crippen LogP contribution in [0, 0.1) is 6.29 Å². The maximum Gasteiger partial charge on any atom is 0.131 e. The van der Waals surface area contributed by atoms with Crippen LogP contribution in [0.15, 0.2) is 194 Å². The van der Waals surface area contributed by atoms with Crippen LogP contribution in [-0.2, 0) is 60.7 Å². The number of hydrogen-bond donors (Lipinski definition) is 4. The van der Waals surface area contributed by atoms with Crippen LogP contribution in [0.1, 0.15) is 147 Å². The predicted molar refractivity (Wildman–Crippen MR) is 369 cm³/mol. The van der Waals surface area contributed by atoms with Gasteiger partial charge in [0.05, 0.1) is 22.5 Å². The summed E-state index contributed by atoms with van der Waals surface area (Å²) in [4.78, 5) is 7.56. The van der Waals surface area contributed by atoms with Crippen LogP contribution in [0.3, 0.4) is 0 Å². The molecule has 4 N–H and O–H groups in total. The summed E-state index contributed by atoms with van der Waals surface area (Å²) in [6.45, 7) is 29.2.